The average molecular weight is 370 g/mol. The highest BCUT2D eigenvalue weighted by Gasteiger charge is 2.29. The Hall–Kier alpha value is -2.90. The molecule has 0 saturated heterocycles. The number of carbonyl (C=O) groups is 2. The zero-order chi connectivity index (χ0) is 19.2. The largest absolute Gasteiger partial charge is 0.480 e. The number of hydrogen-bond donors (Lipinski definition) is 4. The van der Waals surface area contributed by atoms with Gasteiger partial charge in [-0.15, -0.1) is 0 Å². The number of carboxylic acids is 1. The molecule has 27 heavy (non-hydrogen) atoms. The Morgan fingerprint density at radius 1 is 1.04 bits per heavy atom. The van der Waals surface area contributed by atoms with Gasteiger partial charge in [-0.25, -0.2) is 9.59 Å². The summed E-state index contributed by atoms with van der Waals surface area (Å²) in [6.07, 6.45) is -0.782. The molecule has 0 fully saturated rings. The van der Waals surface area contributed by atoms with E-state index in [1.807, 2.05) is 48.5 Å². The number of carbonyl (C=O) groups excluding carboxylic acids is 1. The number of aliphatic hydroxyl groups is 1. The second kappa shape index (κ2) is 8.66. The van der Waals surface area contributed by atoms with Crippen LogP contribution in [-0.4, -0.2) is 54.6 Å². The predicted octanol–water partition coefficient (Wildman–Crippen LogP) is 1.56. The summed E-state index contributed by atoms with van der Waals surface area (Å²) in [6, 6.07) is 14.8. The number of nitrogens with one attached hydrogen (secondary N) is 2. The number of aliphatic hydroxyl groups excluding tert-OH is 1. The Kier molecular flexibility index (Phi) is 6.05. The lowest BCUT2D eigenvalue weighted by Gasteiger charge is -2.17. The molecule has 0 heterocycles. The summed E-state index contributed by atoms with van der Waals surface area (Å²) in [4.78, 5) is 23.3. The van der Waals surface area contributed by atoms with E-state index >= 15 is 0 Å². The Morgan fingerprint density at radius 2 is 1.63 bits per heavy atom. The first-order valence-corrected chi connectivity index (χ1v) is 8.77. The number of aliphatic carboxylic acids is 1. The average Bonchev–Trinajstić information content (AvgIpc) is 2.99. The van der Waals surface area contributed by atoms with E-state index in [1.54, 1.807) is 0 Å². The molecule has 1 amide bonds. The summed E-state index contributed by atoms with van der Waals surface area (Å²) in [5, 5.41) is 23.0. The molecule has 0 spiro atoms. The number of alkyl carbamates (subject to hydrolysis) is 1. The van der Waals surface area contributed by atoms with Crippen LogP contribution in [0.3, 0.4) is 0 Å². The Bertz CT molecular complexity index is 778. The lowest BCUT2D eigenvalue weighted by atomic mass is 9.98. The van der Waals surface area contributed by atoms with Gasteiger partial charge in [0.25, 0.3) is 0 Å². The molecule has 7 heteroatoms. The molecule has 1 aliphatic carbocycles. The molecule has 0 aliphatic heterocycles. The number of carboxylic acid groups (broad SMARTS) is 1. The lowest BCUT2D eigenvalue weighted by Crippen LogP contribution is -2.48. The maximum atomic E-state index is 12.1. The minimum Gasteiger partial charge on any atom is -0.480 e. The van der Waals surface area contributed by atoms with Crippen molar-refractivity contribution in [2.45, 2.75) is 12.0 Å². The second-order valence-corrected chi connectivity index (χ2v) is 6.29. The van der Waals surface area contributed by atoms with Crippen molar-refractivity contribution in [3.63, 3.8) is 0 Å². The summed E-state index contributed by atoms with van der Waals surface area (Å²) < 4.78 is 5.34. The molecule has 1 aliphatic rings. The van der Waals surface area contributed by atoms with Crippen molar-refractivity contribution < 1.29 is 24.5 Å². The van der Waals surface area contributed by atoms with E-state index in [0.717, 1.165) is 22.3 Å². The quantitative estimate of drug-likeness (QED) is 0.525. The molecule has 0 saturated carbocycles. The van der Waals surface area contributed by atoms with E-state index in [2.05, 4.69) is 10.6 Å². The van der Waals surface area contributed by atoms with E-state index < -0.39 is 18.1 Å². The first-order chi connectivity index (χ1) is 13.1. The van der Waals surface area contributed by atoms with E-state index in [-0.39, 0.29) is 32.2 Å². The third kappa shape index (κ3) is 4.27. The lowest BCUT2D eigenvalue weighted by molar-refractivity contribution is -0.139. The molecule has 0 aromatic heterocycles. The van der Waals surface area contributed by atoms with Crippen molar-refractivity contribution in [1.82, 2.24) is 10.6 Å². The van der Waals surface area contributed by atoms with E-state index in [4.69, 9.17) is 9.84 Å². The fourth-order valence-electron chi connectivity index (χ4n) is 3.31. The number of benzene rings is 2. The summed E-state index contributed by atoms with van der Waals surface area (Å²) >= 11 is 0. The number of fused-ring (bicyclic) bond motifs is 3. The van der Waals surface area contributed by atoms with Gasteiger partial charge in [0, 0.05) is 19.0 Å². The van der Waals surface area contributed by atoms with E-state index in [1.165, 1.54) is 0 Å². The standard InChI is InChI=1S/C20H22N2O5/c23-10-9-21-11-18(19(24)25)22-20(26)27-12-17-15-7-3-1-5-13(15)14-6-2-4-8-16(14)17/h1-8,17-18,21,23H,9-12H2,(H,22,26)(H,24,25)/t18-/m1/s1. The van der Waals surface area contributed by atoms with Crippen molar-refractivity contribution >= 4 is 12.1 Å². The molecule has 142 valence electrons. The van der Waals surface area contributed by atoms with Crippen LogP contribution in [0.1, 0.15) is 17.0 Å². The minimum absolute atomic E-state index is 0.0000880. The van der Waals surface area contributed by atoms with Crippen LogP contribution in [0.5, 0.6) is 0 Å². The highest BCUT2D eigenvalue weighted by Crippen LogP contribution is 2.44. The zero-order valence-corrected chi connectivity index (χ0v) is 14.7. The zero-order valence-electron chi connectivity index (χ0n) is 14.7. The minimum atomic E-state index is -1.17. The van der Waals surface area contributed by atoms with Gasteiger partial charge in [0.15, 0.2) is 0 Å². The van der Waals surface area contributed by atoms with Gasteiger partial charge in [-0.2, -0.15) is 0 Å². The van der Waals surface area contributed by atoms with Crippen LogP contribution in [0.4, 0.5) is 4.79 Å². The van der Waals surface area contributed by atoms with Crippen molar-refractivity contribution in [1.29, 1.82) is 0 Å². The fourth-order valence-corrected chi connectivity index (χ4v) is 3.31. The van der Waals surface area contributed by atoms with Crippen LogP contribution < -0.4 is 10.6 Å². The van der Waals surface area contributed by atoms with Gasteiger partial charge in [-0.1, -0.05) is 48.5 Å². The van der Waals surface area contributed by atoms with Crippen LogP contribution in [0.15, 0.2) is 48.5 Å². The van der Waals surface area contributed by atoms with Gasteiger partial charge in [0.05, 0.1) is 6.61 Å². The summed E-state index contributed by atoms with van der Waals surface area (Å²) in [5.74, 6) is -1.26. The molecule has 3 rings (SSSR count). The van der Waals surface area contributed by atoms with Gasteiger partial charge < -0.3 is 25.6 Å². The van der Waals surface area contributed by atoms with Crippen LogP contribution in [-0.2, 0) is 9.53 Å². The molecule has 2 aromatic rings. The fraction of sp³-hybridized carbons (Fsp3) is 0.300. The normalized spacial score (nSPS) is 13.5. The summed E-state index contributed by atoms with van der Waals surface area (Å²) in [6.45, 7) is 0.254. The third-order valence-corrected chi connectivity index (χ3v) is 4.57. The van der Waals surface area contributed by atoms with E-state index in [0.29, 0.717) is 0 Å². The monoisotopic (exact) mass is 370 g/mol. The number of hydrogen-bond acceptors (Lipinski definition) is 5. The molecule has 7 nitrogen and oxygen atoms in total. The topological polar surface area (TPSA) is 108 Å². The van der Waals surface area contributed by atoms with E-state index in [9.17, 15) is 14.7 Å². The molecule has 4 N–H and O–H groups in total. The molecule has 0 bridgehead atoms. The molecule has 0 unspecified atom stereocenters. The van der Waals surface area contributed by atoms with Crippen LogP contribution in [0.25, 0.3) is 11.1 Å². The Balaban J connectivity index is 1.64. The molecule has 0 radical (unpaired) electrons. The Morgan fingerprint density at radius 3 is 2.19 bits per heavy atom. The van der Waals surface area contributed by atoms with Crippen molar-refractivity contribution in [2.75, 3.05) is 26.3 Å². The SMILES string of the molecule is O=C(N[C@H](CNCCO)C(=O)O)OCC1c2ccccc2-c2ccccc21. The number of amides is 1. The number of ether oxygens (including phenoxy) is 1. The van der Waals surface area contributed by atoms with Crippen molar-refractivity contribution in [3.8, 4) is 11.1 Å². The highest BCUT2D eigenvalue weighted by atomic mass is 16.5. The van der Waals surface area contributed by atoms with Gasteiger partial charge in [0.2, 0.25) is 0 Å². The molecule has 2 aromatic carbocycles. The second-order valence-electron chi connectivity index (χ2n) is 6.29. The van der Waals surface area contributed by atoms with Crippen LogP contribution in [0, 0.1) is 0 Å². The Labute approximate surface area is 157 Å². The first-order valence-electron chi connectivity index (χ1n) is 8.77. The van der Waals surface area contributed by atoms with Crippen LogP contribution >= 0.6 is 0 Å². The van der Waals surface area contributed by atoms with Crippen molar-refractivity contribution in [2.24, 2.45) is 0 Å². The smallest absolute Gasteiger partial charge is 0.407 e. The third-order valence-electron chi connectivity index (χ3n) is 4.57. The van der Waals surface area contributed by atoms with Gasteiger partial charge in [-0.05, 0) is 22.3 Å². The maximum Gasteiger partial charge on any atom is 0.407 e. The van der Waals surface area contributed by atoms with Gasteiger partial charge in [-0.3, -0.25) is 0 Å². The van der Waals surface area contributed by atoms with Crippen LogP contribution in [0.2, 0.25) is 0 Å². The molecular formula is C20H22N2O5. The summed E-state index contributed by atoms with van der Waals surface area (Å²) in [5.41, 5.74) is 4.43. The van der Waals surface area contributed by atoms with Gasteiger partial charge >= 0.3 is 12.1 Å². The molecular weight excluding hydrogens is 348 g/mol. The first kappa shape index (κ1) is 18.9. The predicted molar refractivity (Wildman–Crippen MR) is 99.6 cm³/mol. The highest BCUT2D eigenvalue weighted by molar-refractivity contribution is 5.81. The number of rotatable bonds is 8. The summed E-state index contributed by atoms with van der Waals surface area (Å²) in [7, 11) is 0. The molecule has 1 atom stereocenters. The maximum absolute atomic E-state index is 12.1. The van der Waals surface area contributed by atoms with Crippen molar-refractivity contribution in [3.05, 3.63) is 59.7 Å². The van der Waals surface area contributed by atoms with Gasteiger partial charge in [0.1, 0.15) is 12.6 Å².